The van der Waals surface area contributed by atoms with E-state index in [-0.39, 0.29) is 24.2 Å². The third-order valence-corrected chi connectivity index (χ3v) is 5.65. The van der Waals surface area contributed by atoms with E-state index in [4.69, 9.17) is 16.3 Å². The van der Waals surface area contributed by atoms with Gasteiger partial charge in [-0.1, -0.05) is 29.8 Å². The molecule has 0 aliphatic heterocycles. The van der Waals surface area contributed by atoms with Crippen LogP contribution in [0.3, 0.4) is 0 Å². The highest BCUT2D eigenvalue weighted by molar-refractivity contribution is 7.13. The number of benzene rings is 1. The van der Waals surface area contributed by atoms with E-state index in [0.717, 1.165) is 10.4 Å². The maximum Gasteiger partial charge on any atom is 0.358 e. The highest BCUT2D eigenvalue weighted by Gasteiger charge is 2.16. The molecule has 0 saturated carbocycles. The predicted octanol–water partition coefficient (Wildman–Crippen LogP) is 4.56. The SMILES string of the molecule is C[C@H](NC(=O)COC(=O)c1csc(-c2cccc(Cl)c2)n1)c1cccs1. The summed E-state index contributed by atoms with van der Waals surface area (Å²) in [6, 6.07) is 10.9. The number of ether oxygens (including phenoxy) is 1. The predicted molar refractivity (Wildman–Crippen MR) is 104 cm³/mol. The minimum Gasteiger partial charge on any atom is -0.451 e. The lowest BCUT2D eigenvalue weighted by Gasteiger charge is -2.11. The molecule has 0 bridgehead atoms. The van der Waals surface area contributed by atoms with E-state index < -0.39 is 5.97 Å². The van der Waals surface area contributed by atoms with E-state index >= 15 is 0 Å². The zero-order valence-electron chi connectivity index (χ0n) is 13.8. The quantitative estimate of drug-likeness (QED) is 0.609. The van der Waals surface area contributed by atoms with Gasteiger partial charge in [-0.25, -0.2) is 9.78 Å². The van der Waals surface area contributed by atoms with Crippen molar-refractivity contribution in [2.45, 2.75) is 13.0 Å². The van der Waals surface area contributed by atoms with Crippen LogP contribution in [0.2, 0.25) is 5.02 Å². The van der Waals surface area contributed by atoms with Crippen molar-refractivity contribution in [1.29, 1.82) is 0 Å². The largest absolute Gasteiger partial charge is 0.451 e. The molecule has 0 radical (unpaired) electrons. The maximum atomic E-state index is 12.1. The molecular formula is C18H15ClN2O3S2. The van der Waals surface area contributed by atoms with Gasteiger partial charge in [0, 0.05) is 20.8 Å². The Hall–Kier alpha value is -2.22. The number of carbonyl (C=O) groups excluding carboxylic acids is 2. The molecule has 3 rings (SSSR count). The molecule has 0 aliphatic rings. The summed E-state index contributed by atoms with van der Waals surface area (Å²) in [6.07, 6.45) is 0. The Labute approximate surface area is 163 Å². The Morgan fingerprint density at radius 2 is 2.12 bits per heavy atom. The molecule has 134 valence electrons. The minimum atomic E-state index is -0.631. The van der Waals surface area contributed by atoms with Crippen LogP contribution >= 0.6 is 34.3 Å². The number of thiophene rings is 1. The van der Waals surface area contributed by atoms with Crippen molar-refractivity contribution in [2.24, 2.45) is 0 Å². The van der Waals surface area contributed by atoms with Gasteiger partial charge in [0.1, 0.15) is 5.01 Å². The molecule has 1 aromatic carbocycles. The summed E-state index contributed by atoms with van der Waals surface area (Å²) in [5.41, 5.74) is 0.994. The first-order chi connectivity index (χ1) is 12.5. The fourth-order valence-corrected chi connectivity index (χ4v) is 3.93. The highest BCUT2D eigenvalue weighted by atomic mass is 35.5. The van der Waals surface area contributed by atoms with Crippen LogP contribution in [0.4, 0.5) is 0 Å². The Kier molecular flexibility index (Phi) is 6.03. The lowest BCUT2D eigenvalue weighted by Crippen LogP contribution is -2.30. The van der Waals surface area contributed by atoms with Crippen LogP contribution in [0.1, 0.15) is 28.3 Å². The van der Waals surface area contributed by atoms with Crippen molar-refractivity contribution in [1.82, 2.24) is 10.3 Å². The molecule has 1 atom stereocenters. The first kappa shape index (κ1) is 18.6. The van der Waals surface area contributed by atoms with Gasteiger partial charge in [-0.3, -0.25) is 4.79 Å². The number of hydrogen-bond acceptors (Lipinski definition) is 6. The lowest BCUT2D eigenvalue weighted by molar-refractivity contribution is -0.124. The molecule has 0 unspecified atom stereocenters. The van der Waals surface area contributed by atoms with Crippen molar-refractivity contribution < 1.29 is 14.3 Å². The van der Waals surface area contributed by atoms with Crippen molar-refractivity contribution in [3.8, 4) is 10.6 Å². The van der Waals surface area contributed by atoms with Gasteiger partial charge in [-0.05, 0) is 30.5 Å². The smallest absolute Gasteiger partial charge is 0.358 e. The summed E-state index contributed by atoms with van der Waals surface area (Å²) < 4.78 is 5.05. The van der Waals surface area contributed by atoms with Crippen LogP contribution in [-0.4, -0.2) is 23.5 Å². The summed E-state index contributed by atoms with van der Waals surface area (Å²) in [5, 5.41) is 7.59. The molecule has 2 aromatic heterocycles. The van der Waals surface area contributed by atoms with E-state index in [1.54, 1.807) is 28.8 Å². The van der Waals surface area contributed by atoms with Crippen LogP contribution in [0.15, 0.2) is 47.2 Å². The summed E-state index contributed by atoms with van der Waals surface area (Å²) in [6.45, 7) is 1.53. The number of amides is 1. The Bertz CT molecular complexity index is 909. The normalized spacial score (nSPS) is 11.8. The number of thiazole rings is 1. The standard InChI is InChI=1S/C18H15ClN2O3S2/c1-11(15-6-3-7-25-15)20-16(22)9-24-18(23)14-10-26-17(21-14)12-4-2-5-13(19)8-12/h2-8,10-11H,9H2,1H3,(H,20,22)/t11-/m0/s1. The molecule has 1 N–H and O–H groups in total. The van der Waals surface area contributed by atoms with Gasteiger partial charge in [0.05, 0.1) is 6.04 Å². The zero-order valence-corrected chi connectivity index (χ0v) is 16.2. The minimum absolute atomic E-state index is 0.130. The van der Waals surface area contributed by atoms with E-state index in [0.29, 0.717) is 10.0 Å². The molecule has 0 fully saturated rings. The van der Waals surface area contributed by atoms with Crippen molar-refractivity contribution >= 4 is 46.2 Å². The van der Waals surface area contributed by atoms with E-state index in [1.165, 1.54) is 11.3 Å². The number of nitrogens with one attached hydrogen (secondary N) is 1. The van der Waals surface area contributed by atoms with E-state index in [1.807, 2.05) is 36.6 Å². The van der Waals surface area contributed by atoms with Gasteiger partial charge < -0.3 is 10.1 Å². The van der Waals surface area contributed by atoms with Crippen molar-refractivity contribution in [3.63, 3.8) is 0 Å². The molecule has 2 heterocycles. The van der Waals surface area contributed by atoms with Crippen LogP contribution in [0, 0.1) is 0 Å². The zero-order chi connectivity index (χ0) is 18.5. The summed E-state index contributed by atoms with van der Waals surface area (Å²) in [7, 11) is 0. The fraction of sp³-hybridized carbons (Fsp3) is 0.167. The van der Waals surface area contributed by atoms with Gasteiger partial charge in [-0.2, -0.15) is 0 Å². The fourth-order valence-electron chi connectivity index (χ4n) is 2.22. The molecule has 0 saturated heterocycles. The molecule has 1 amide bonds. The van der Waals surface area contributed by atoms with Crippen molar-refractivity contribution in [3.05, 3.63) is 62.8 Å². The van der Waals surface area contributed by atoms with Gasteiger partial charge in [-0.15, -0.1) is 22.7 Å². The number of esters is 1. The average Bonchev–Trinajstić information content (AvgIpc) is 3.31. The van der Waals surface area contributed by atoms with Gasteiger partial charge >= 0.3 is 5.97 Å². The number of hydrogen-bond donors (Lipinski definition) is 1. The third-order valence-electron chi connectivity index (χ3n) is 3.47. The second-order valence-electron chi connectivity index (χ2n) is 5.43. The Morgan fingerprint density at radius 3 is 2.85 bits per heavy atom. The number of carbonyl (C=O) groups is 2. The first-order valence-corrected chi connectivity index (χ1v) is 9.88. The Morgan fingerprint density at radius 1 is 1.27 bits per heavy atom. The van der Waals surface area contributed by atoms with Crippen LogP contribution in [0.5, 0.6) is 0 Å². The lowest BCUT2D eigenvalue weighted by atomic mass is 10.2. The third kappa shape index (κ3) is 4.69. The molecule has 0 aliphatic carbocycles. The summed E-state index contributed by atoms with van der Waals surface area (Å²) in [5.74, 6) is -0.988. The molecule has 5 nitrogen and oxygen atoms in total. The van der Waals surface area contributed by atoms with Crippen LogP contribution < -0.4 is 5.32 Å². The van der Waals surface area contributed by atoms with E-state index in [2.05, 4.69) is 10.3 Å². The molecular weight excluding hydrogens is 392 g/mol. The van der Waals surface area contributed by atoms with Gasteiger partial charge in [0.25, 0.3) is 5.91 Å². The molecule has 8 heteroatoms. The first-order valence-electron chi connectivity index (χ1n) is 7.74. The summed E-state index contributed by atoms with van der Waals surface area (Å²) in [4.78, 5) is 29.3. The number of rotatable bonds is 6. The van der Waals surface area contributed by atoms with Gasteiger partial charge in [0.2, 0.25) is 0 Å². The molecule has 26 heavy (non-hydrogen) atoms. The second-order valence-corrected chi connectivity index (χ2v) is 7.70. The monoisotopic (exact) mass is 406 g/mol. The highest BCUT2D eigenvalue weighted by Crippen LogP contribution is 2.26. The number of aromatic nitrogens is 1. The maximum absolute atomic E-state index is 12.1. The topological polar surface area (TPSA) is 68.3 Å². The number of nitrogens with zero attached hydrogens (tertiary/aromatic N) is 1. The average molecular weight is 407 g/mol. The molecule has 3 aromatic rings. The van der Waals surface area contributed by atoms with Crippen LogP contribution in [0.25, 0.3) is 10.6 Å². The molecule has 0 spiro atoms. The van der Waals surface area contributed by atoms with E-state index in [9.17, 15) is 9.59 Å². The van der Waals surface area contributed by atoms with Crippen molar-refractivity contribution in [2.75, 3.05) is 6.61 Å². The number of halogens is 1. The van der Waals surface area contributed by atoms with Gasteiger partial charge in [0.15, 0.2) is 12.3 Å². The summed E-state index contributed by atoms with van der Waals surface area (Å²) >= 11 is 8.84. The van der Waals surface area contributed by atoms with Crippen LogP contribution in [-0.2, 0) is 9.53 Å². The Balaban J connectivity index is 1.54. The second kappa shape index (κ2) is 8.44.